The van der Waals surface area contributed by atoms with Gasteiger partial charge in [-0.2, -0.15) is 0 Å². The van der Waals surface area contributed by atoms with E-state index in [1.807, 2.05) is 13.0 Å². The molecule has 0 aromatic carbocycles. The Bertz CT molecular complexity index is 415. The topological polar surface area (TPSA) is 63.6 Å². The second-order valence-electron chi connectivity index (χ2n) is 6.11. The zero-order chi connectivity index (χ0) is 14.9. The third-order valence-electron chi connectivity index (χ3n) is 4.80. The summed E-state index contributed by atoms with van der Waals surface area (Å²) in [6.07, 6.45) is 4.69. The van der Waals surface area contributed by atoms with Crippen molar-refractivity contribution in [1.29, 1.82) is 0 Å². The number of ketones is 1. The predicted molar refractivity (Wildman–Crippen MR) is 74.8 cm³/mol. The molecule has 112 valence electrons. The summed E-state index contributed by atoms with van der Waals surface area (Å²) in [6, 6.07) is 0. The Morgan fingerprint density at radius 2 is 2.00 bits per heavy atom. The van der Waals surface area contributed by atoms with E-state index in [4.69, 9.17) is 4.74 Å². The second-order valence-corrected chi connectivity index (χ2v) is 6.11. The molecule has 6 atom stereocenters. The number of allylic oxidation sites excluding steroid dienone is 2. The molecule has 1 fully saturated rings. The SMILES string of the molecule is CCOC(=O)[C@@H]1C2C(O)C[C@H](C(C)=O)CC2C=C[C@@H]1C. The number of aliphatic hydroxyl groups excluding tert-OH is 1. The highest BCUT2D eigenvalue weighted by Crippen LogP contribution is 2.45. The van der Waals surface area contributed by atoms with Crippen LogP contribution < -0.4 is 0 Å². The number of fused-ring (bicyclic) bond motifs is 1. The first-order chi connectivity index (χ1) is 9.45. The molecule has 0 radical (unpaired) electrons. The van der Waals surface area contributed by atoms with Crippen molar-refractivity contribution in [3.05, 3.63) is 12.2 Å². The number of ether oxygens (including phenoxy) is 1. The van der Waals surface area contributed by atoms with Gasteiger partial charge >= 0.3 is 5.97 Å². The number of rotatable bonds is 3. The first kappa shape index (κ1) is 15.2. The molecule has 2 aliphatic rings. The zero-order valence-electron chi connectivity index (χ0n) is 12.4. The van der Waals surface area contributed by atoms with Crippen LogP contribution in [0.25, 0.3) is 0 Å². The molecule has 0 heterocycles. The minimum absolute atomic E-state index is 0.0684. The Morgan fingerprint density at radius 3 is 2.60 bits per heavy atom. The fourth-order valence-electron chi connectivity index (χ4n) is 3.76. The van der Waals surface area contributed by atoms with Gasteiger partial charge in [-0.15, -0.1) is 0 Å². The van der Waals surface area contributed by atoms with Crippen molar-refractivity contribution >= 4 is 11.8 Å². The first-order valence-electron chi connectivity index (χ1n) is 7.49. The first-order valence-corrected chi connectivity index (χ1v) is 7.49. The van der Waals surface area contributed by atoms with Crippen LogP contribution in [0.5, 0.6) is 0 Å². The molecule has 20 heavy (non-hydrogen) atoms. The van der Waals surface area contributed by atoms with Gasteiger partial charge in [-0.1, -0.05) is 19.1 Å². The van der Waals surface area contributed by atoms with Crippen LogP contribution in [0.3, 0.4) is 0 Å². The van der Waals surface area contributed by atoms with Gasteiger partial charge in [-0.05, 0) is 38.5 Å². The average Bonchev–Trinajstić information content (AvgIpc) is 2.39. The van der Waals surface area contributed by atoms with Crippen molar-refractivity contribution in [2.75, 3.05) is 6.61 Å². The summed E-state index contributed by atoms with van der Waals surface area (Å²) in [5.74, 6) is -0.441. The summed E-state index contributed by atoms with van der Waals surface area (Å²) < 4.78 is 5.17. The molecule has 1 saturated carbocycles. The summed E-state index contributed by atoms with van der Waals surface area (Å²) >= 11 is 0. The van der Waals surface area contributed by atoms with Crippen LogP contribution in [-0.2, 0) is 14.3 Å². The molecule has 4 nitrogen and oxygen atoms in total. The molecule has 0 aromatic rings. The van der Waals surface area contributed by atoms with Gasteiger partial charge in [0.25, 0.3) is 0 Å². The smallest absolute Gasteiger partial charge is 0.309 e. The van der Waals surface area contributed by atoms with E-state index in [1.165, 1.54) is 0 Å². The van der Waals surface area contributed by atoms with Crippen LogP contribution in [0, 0.1) is 29.6 Å². The van der Waals surface area contributed by atoms with Gasteiger partial charge in [0.05, 0.1) is 18.6 Å². The molecule has 2 rings (SSSR count). The van der Waals surface area contributed by atoms with E-state index in [2.05, 4.69) is 6.08 Å². The lowest BCUT2D eigenvalue weighted by Crippen LogP contribution is -2.48. The van der Waals surface area contributed by atoms with Crippen LogP contribution in [-0.4, -0.2) is 29.6 Å². The summed E-state index contributed by atoms with van der Waals surface area (Å²) in [6.45, 7) is 5.71. The second kappa shape index (κ2) is 6.08. The molecular weight excluding hydrogens is 256 g/mol. The summed E-state index contributed by atoms with van der Waals surface area (Å²) in [4.78, 5) is 23.8. The highest BCUT2D eigenvalue weighted by atomic mass is 16.5. The molecular formula is C16H24O4. The van der Waals surface area contributed by atoms with Crippen molar-refractivity contribution in [1.82, 2.24) is 0 Å². The summed E-state index contributed by atoms with van der Waals surface area (Å²) in [7, 11) is 0. The molecule has 0 spiro atoms. The Balaban J connectivity index is 2.23. The highest BCUT2D eigenvalue weighted by molar-refractivity contribution is 5.79. The molecule has 3 unspecified atom stereocenters. The fraction of sp³-hybridized carbons (Fsp3) is 0.750. The Hall–Kier alpha value is -1.16. The molecule has 1 N–H and O–H groups in total. The van der Waals surface area contributed by atoms with Gasteiger partial charge in [-0.3, -0.25) is 9.59 Å². The summed E-state index contributed by atoms with van der Waals surface area (Å²) in [5.41, 5.74) is 0. The number of carbonyl (C=O) groups excluding carboxylic acids is 2. The number of esters is 1. The van der Waals surface area contributed by atoms with E-state index >= 15 is 0 Å². The van der Waals surface area contributed by atoms with Gasteiger partial charge in [0.15, 0.2) is 0 Å². The molecule has 0 saturated heterocycles. The van der Waals surface area contributed by atoms with Gasteiger partial charge in [0, 0.05) is 11.8 Å². The minimum Gasteiger partial charge on any atom is -0.466 e. The molecule has 0 bridgehead atoms. The van der Waals surface area contributed by atoms with Crippen LogP contribution >= 0.6 is 0 Å². The fourth-order valence-corrected chi connectivity index (χ4v) is 3.76. The average molecular weight is 280 g/mol. The highest BCUT2D eigenvalue weighted by Gasteiger charge is 2.47. The molecule has 0 aliphatic heterocycles. The monoisotopic (exact) mass is 280 g/mol. The number of hydrogen-bond donors (Lipinski definition) is 1. The van der Waals surface area contributed by atoms with E-state index in [-0.39, 0.29) is 41.3 Å². The van der Waals surface area contributed by atoms with Gasteiger partial charge in [0.2, 0.25) is 0 Å². The third-order valence-corrected chi connectivity index (χ3v) is 4.80. The lowest BCUT2D eigenvalue weighted by Gasteiger charge is -2.44. The Labute approximate surface area is 120 Å². The van der Waals surface area contributed by atoms with Crippen molar-refractivity contribution in [2.24, 2.45) is 29.6 Å². The van der Waals surface area contributed by atoms with E-state index in [0.717, 1.165) is 6.42 Å². The number of Topliss-reactive ketones (excluding diaryl/α,β-unsaturated/α-hetero) is 1. The van der Waals surface area contributed by atoms with Gasteiger partial charge < -0.3 is 9.84 Å². The quantitative estimate of drug-likeness (QED) is 0.634. The van der Waals surface area contributed by atoms with Crippen molar-refractivity contribution in [2.45, 2.75) is 39.7 Å². The Morgan fingerprint density at radius 1 is 1.30 bits per heavy atom. The van der Waals surface area contributed by atoms with E-state index in [0.29, 0.717) is 13.0 Å². The Kier molecular flexibility index (Phi) is 4.63. The van der Waals surface area contributed by atoms with Crippen molar-refractivity contribution < 1.29 is 19.4 Å². The zero-order valence-corrected chi connectivity index (χ0v) is 12.4. The van der Waals surface area contributed by atoms with Gasteiger partial charge in [0.1, 0.15) is 5.78 Å². The van der Waals surface area contributed by atoms with E-state index in [1.54, 1.807) is 13.8 Å². The number of hydrogen-bond acceptors (Lipinski definition) is 4. The molecule has 0 aromatic heterocycles. The molecule has 2 aliphatic carbocycles. The molecule has 0 amide bonds. The van der Waals surface area contributed by atoms with E-state index in [9.17, 15) is 14.7 Å². The predicted octanol–water partition coefficient (Wildman–Crippen LogP) is 1.96. The standard InChI is InChI=1S/C16H24O4/c1-4-20-16(19)14-9(2)5-6-11-7-12(10(3)17)8-13(18)15(11)14/h5-6,9,11-15,18H,4,7-8H2,1-3H3/t9-,11?,12+,13?,14-,15?/m0/s1. The maximum atomic E-state index is 12.2. The maximum Gasteiger partial charge on any atom is 0.309 e. The van der Waals surface area contributed by atoms with Crippen LogP contribution in [0.2, 0.25) is 0 Å². The number of aliphatic hydroxyl groups is 1. The lowest BCUT2D eigenvalue weighted by molar-refractivity contribution is -0.157. The van der Waals surface area contributed by atoms with Crippen molar-refractivity contribution in [3.8, 4) is 0 Å². The van der Waals surface area contributed by atoms with Crippen LogP contribution in [0.1, 0.15) is 33.6 Å². The largest absolute Gasteiger partial charge is 0.466 e. The normalized spacial score (nSPS) is 40.0. The van der Waals surface area contributed by atoms with Crippen LogP contribution in [0.15, 0.2) is 12.2 Å². The van der Waals surface area contributed by atoms with Crippen molar-refractivity contribution in [3.63, 3.8) is 0 Å². The lowest BCUT2D eigenvalue weighted by atomic mass is 9.61. The van der Waals surface area contributed by atoms with Crippen LogP contribution in [0.4, 0.5) is 0 Å². The van der Waals surface area contributed by atoms with Gasteiger partial charge in [-0.25, -0.2) is 0 Å². The molecule has 4 heteroatoms. The van der Waals surface area contributed by atoms with E-state index < -0.39 is 6.10 Å². The third kappa shape index (κ3) is 2.80. The summed E-state index contributed by atoms with van der Waals surface area (Å²) in [5, 5.41) is 10.4. The number of carbonyl (C=O) groups is 2. The maximum absolute atomic E-state index is 12.2. The minimum atomic E-state index is -0.607.